The number of rotatable bonds is 4. The molecular formula is C15H12N2S2. The minimum atomic E-state index is 0.914. The van der Waals surface area contributed by atoms with Crippen LogP contribution in [0.1, 0.15) is 5.56 Å². The predicted molar refractivity (Wildman–Crippen MR) is 83.6 cm³/mol. The Bertz CT molecular complexity index is 689. The Morgan fingerprint density at radius 3 is 2.89 bits per heavy atom. The van der Waals surface area contributed by atoms with E-state index in [1.165, 1.54) is 5.56 Å². The Kier molecular flexibility index (Phi) is 3.91. The van der Waals surface area contributed by atoms with Crippen LogP contribution in [0.2, 0.25) is 0 Å². The van der Waals surface area contributed by atoms with Gasteiger partial charge in [-0.1, -0.05) is 42.5 Å². The molecule has 3 aromatic rings. The number of benzene rings is 1. The Balaban J connectivity index is 1.67. The van der Waals surface area contributed by atoms with Gasteiger partial charge in [0, 0.05) is 11.1 Å². The van der Waals surface area contributed by atoms with Gasteiger partial charge in [0.25, 0.3) is 0 Å². The van der Waals surface area contributed by atoms with Crippen LogP contribution in [0.5, 0.6) is 0 Å². The van der Waals surface area contributed by atoms with Gasteiger partial charge in [-0.3, -0.25) is 0 Å². The van der Waals surface area contributed by atoms with Crippen molar-refractivity contribution in [3.05, 3.63) is 59.7 Å². The van der Waals surface area contributed by atoms with E-state index in [2.05, 4.69) is 45.7 Å². The van der Waals surface area contributed by atoms with E-state index in [1.807, 2.05) is 18.2 Å². The van der Waals surface area contributed by atoms with Crippen LogP contribution >= 0.6 is 23.1 Å². The van der Waals surface area contributed by atoms with Gasteiger partial charge in [0.1, 0.15) is 16.2 Å². The molecule has 0 aliphatic carbocycles. The maximum atomic E-state index is 4.35. The number of thiophene rings is 1. The SMILES string of the molecule is C(=C\c1ccccc1)/CSc1ncnc2sccc12. The lowest BCUT2D eigenvalue weighted by molar-refractivity contribution is 1.11. The maximum absolute atomic E-state index is 4.35. The Labute approximate surface area is 120 Å². The molecule has 0 aliphatic heterocycles. The average molecular weight is 284 g/mol. The van der Waals surface area contributed by atoms with Crippen molar-refractivity contribution in [1.29, 1.82) is 0 Å². The van der Waals surface area contributed by atoms with Gasteiger partial charge in [-0.25, -0.2) is 9.97 Å². The maximum Gasteiger partial charge on any atom is 0.127 e. The van der Waals surface area contributed by atoms with Crippen molar-refractivity contribution < 1.29 is 0 Å². The summed E-state index contributed by atoms with van der Waals surface area (Å²) in [7, 11) is 0. The zero-order chi connectivity index (χ0) is 12.9. The van der Waals surface area contributed by atoms with Gasteiger partial charge in [-0.05, 0) is 17.0 Å². The van der Waals surface area contributed by atoms with Crippen molar-refractivity contribution in [2.24, 2.45) is 0 Å². The van der Waals surface area contributed by atoms with E-state index >= 15 is 0 Å². The zero-order valence-corrected chi connectivity index (χ0v) is 11.8. The number of hydrogen-bond acceptors (Lipinski definition) is 4. The summed E-state index contributed by atoms with van der Waals surface area (Å²) in [5.74, 6) is 0.914. The fourth-order valence-corrected chi connectivity index (χ4v) is 3.35. The standard InChI is InChI=1S/C15H12N2S2/c1-2-5-12(6-3-1)7-4-9-18-14-13-8-10-19-15(13)17-11-16-14/h1-8,10-11H,9H2/b7-4+. The summed E-state index contributed by atoms with van der Waals surface area (Å²) in [4.78, 5) is 9.66. The van der Waals surface area contributed by atoms with Gasteiger partial charge in [-0.15, -0.1) is 23.1 Å². The van der Waals surface area contributed by atoms with Crippen LogP contribution in [0.15, 0.2) is 59.2 Å². The molecule has 0 saturated heterocycles. The normalized spacial score (nSPS) is 11.4. The highest BCUT2D eigenvalue weighted by atomic mass is 32.2. The van der Waals surface area contributed by atoms with Crippen molar-refractivity contribution >= 4 is 39.4 Å². The number of hydrogen-bond donors (Lipinski definition) is 0. The summed E-state index contributed by atoms with van der Waals surface area (Å²) in [6.45, 7) is 0. The van der Waals surface area contributed by atoms with E-state index in [-0.39, 0.29) is 0 Å². The molecule has 0 spiro atoms. The van der Waals surface area contributed by atoms with Crippen molar-refractivity contribution in [2.75, 3.05) is 5.75 Å². The summed E-state index contributed by atoms with van der Waals surface area (Å²) in [5.41, 5.74) is 1.23. The molecule has 0 saturated carbocycles. The molecule has 0 N–H and O–H groups in total. The molecule has 3 rings (SSSR count). The molecule has 0 aliphatic rings. The lowest BCUT2D eigenvalue weighted by Crippen LogP contribution is -1.83. The van der Waals surface area contributed by atoms with Gasteiger partial charge in [0.05, 0.1) is 0 Å². The fraction of sp³-hybridized carbons (Fsp3) is 0.0667. The molecule has 0 amide bonds. The molecule has 0 fully saturated rings. The molecule has 2 aromatic heterocycles. The summed E-state index contributed by atoms with van der Waals surface area (Å²) >= 11 is 3.40. The van der Waals surface area contributed by atoms with Crippen LogP contribution < -0.4 is 0 Å². The van der Waals surface area contributed by atoms with Crippen molar-refractivity contribution in [3.63, 3.8) is 0 Å². The van der Waals surface area contributed by atoms with Gasteiger partial charge < -0.3 is 0 Å². The van der Waals surface area contributed by atoms with Gasteiger partial charge in [-0.2, -0.15) is 0 Å². The number of thioether (sulfide) groups is 1. The number of nitrogens with zero attached hydrogens (tertiary/aromatic N) is 2. The minimum Gasteiger partial charge on any atom is -0.229 e. The quantitative estimate of drug-likeness (QED) is 0.521. The smallest absolute Gasteiger partial charge is 0.127 e. The molecule has 1 aromatic carbocycles. The van der Waals surface area contributed by atoms with Gasteiger partial charge in [0.15, 0.2) is 0 Å². The third-order valence-corrected chi connectivity index (χ3v) is 4.43. The number of fused-ring (bicyclic) bond motifs is 1. The summed E-state index contributed by atoms with van der Waals surface area (Å²) in [6, 6.07) is 12.4. The molecule has 19 heavy (non-hydrogen) atoms. The fourth-order valence-electron chi connectivity index (χ4n) is 1.76. The molecule has 4 heteroatoms. The minimum absolute atomic E-state index is 0.914. The first kappa shape index (κ1) is 12.4. The number of aromatic nitrogens is 2. The highest BCUT2D eigenvalue weighted by molar-refractivity contribution is 7.99. The molecule has 0 radical (unpaired) electrons. The highest BCUT2D eigenvalue weighted by Gasteiger charge is 2.03. The second-order valence-electron chi connectivity index (χ2n) is 3.94. The Hall–Kier alpha value is -1.65. The first-order chi connectivity index (χ1) is 9.43. The van der Waals surface area contributed by atoms with Crippen molar-refractivity contribution in [3.8, 4) is 0 Å². The summed E-state index contributed by atoms with van der Waals surface area (Å²) in [6.07, 6.45) is 5.95. The second kappa shape index (κ2) is 5.99. The zero-order valence-electron chi connectivity index (χ0n) is 10.2. The van der Waals surface area contributed by atoms with E-state index < -0.39 is 0 Å². The van der Waals surface area contributed by atoms with Crippen molar-refractivity contribution in [1.82, 2.24) is 9.97 Å². The molecule has 94 valence electrons. The molecule has 0 unspecified atom stereocenters. The first-order valence-corrected chi connectivity index (χ1v) is 7.82. The largest absolute Gasteiger partial charge is 0.229 e. The Morgan fingerprint density at radius 1 is 1.11 bits per heavy atom. The van der Waals surface area contributed by atoms with E-state index in [4.69, 9.17) is 0 Å². The topological polar surface area (TPSA) is 25.8 Å². The van der Waals surface area contributed by atoms with Gasteiger partial charge in [0.2, 0.25) is 0 Å². The molecular weight excluding hydrogens is 272 g/mol. The highest BCUT2D eigenvalue weighted by Crippen LogP contribution is 2.27. The predicted octanol–water partition coefficient (Wildman–Crippen LogP) is 4.50. The van der Waals surface area contributed by atoms with Crippen LogP contribution in [0.25, 0.3) is 16.3 Å². The molecule has 2 nitrogen and oxygen atoms in total. The molecule has 0 atom stereocenters. The van der Waals surface area contributed by atoms with Crippen LogP contribution in [0.3, 0.4) is 0 Å². The lowest BCUT2D eigenvalue weighted by atomic mass is 10.2. The lowest BCUT2D eigenvalue weighted by Gasteiger charge is -1.98. The van der Waals surface area contributed by atoms with E-state index in [0.29, 0.717) is 0 Å². The van der Waals surface area contributed by atoms with E-state index in [9.17, 15) is 0 Å². The van der Waals surface area contributed by atoms with Crippen LogP contribution in [0.4, 0.5) is 0 Å². The first-order valence-electron chi connectivity index (χ1n) is 5.96. The van der Waals surface area contributed by atoms with E-state index in [0.717, 1.165) is 21.0 Å². The van der Waals surface area contributed by atoms with Gasteiger partial charge >= 0.3 is 0 Å². The molecule has 0 bridgehead atoms. The third kappa shape index (κ3) is 3.03. The summed E-state index contributed by atoms with van der Waals surface area (Å²) < 4.78 is 0. The average Bonchev–Trinajstić information content (AvgIpc) is 2.94. The van der Waals surface area contributed by atoms with Crippen LogP contribution in [0, 0.1) is 0 Å². The second-order valence-corrected chi connectivity index (χ2v) is 5.85. The third-order valence-electron chi connectivity index (χ3n) is 2.65. The van der Waals surface area contributed by atoms with Crippen LogP contribution in [-0.2, 0) is 0 Å². The summed E-state index contributed by atoms with van der Waals surface area (Å²) in [5, 5.41) is 4.28. The van der Waals surface area contributed by atoms with E-state index in [1.54, 1.807) is 29.4 Å². The molecule has 2 heterocycles. The van der Waals surface area contributed by atoms with Crippen LogP contribution in [-0.4, -0.2) is 15.7 Å². The Morgan fingerprint density at radius 2 is 2.00 bits per heavy atom. The monoisotopic (exact) mass is 284 g/mol. The van der Waals surface area contributed by atoms with Crippen molar-refractivity contribution in [2.45, 2.75) is 5.03 Å².